The summed E-state index contributed by atoms with van der Waals surface area (Å²) in [6.45, 7) is 0.00172. The third-order valence-electron chi connectivity index (χ3n) is 3.07. The second-order valence-electron chi connectivity index (χ2n) is 4.20. The van der Waals surface area contributed by atoms with Crippen LogP contribution in [0.1, 0.15) is 35.4 Å². The Balaban J connectivity index is 2.09. The number of halogens is 1. The lowest BCUT2D eigenvalue weighted by molar-refractivity contribution is 0.0843. The van der Waals surface area contributed by atoms with Crippen molar-refractivity contribution in [1.82, 2.24) is 5.32 Å². The normalized spacial score (nSPS) is 18.6. The van der Waals surface area contributed by atoms with Crippen molar-refractivity contribution in [3.05, 3.63) is 21.3 Å². The Kier molecular flexibility index (Phi) is 3.52. The summed E-state index contributed by atoms with van der Waals surface area (Å²) in [5.41, 5.74) is -0.426. The molecule has 1 aliphatic carbocycles. The zero-order chi connectivity index (χ0) is 11.6. The SMILES string of the molecule is O=C(NC1(CO)CCCC1)c1sccc1Cl. The number of nitrogens with one attached hydrogen (secondary N) is 1. The second kappa shape index (κ2) is 4.73. The summed E-state index contributed by atoms with van der Waals surface area (Å²) in [7, 11) is 0. The van der Waals surface area contributed by atoms with E-state index in [0.29, 0.717) is 9.90 Å². The van der Waals surface area contributed by atoms with Crippen molar-refractivity contribution in [3.63, 3.8) is 0 Å². The minimum atomic E-state index is -0.426. The van der Waals surface area contributed by atoms with Crippen molar-refractivity contribution in [1.29, 1.82) is 0 Å². The van der Waals surface area contributed by atoms with E-state index in [9.17, 15) is 9.90 Å². The molecule has 0 atom stereocenters. The van der Waals surface area contributed by atoms with Gasteiger partial charge in [0.05, 0.1) is 17.2 Å². The van der Waals surface area contributed by atoms with E-state index in [1.54, 1.807) is 11.4 Å². The van der Waals surface area contributed by atoms with Crippen molar-refractivity contribution in [2.75, 3.05) is 6.61 Å². The van der Waals surface area contributed by atoms with E-state index in [-0.39, 0.29) is 12.5 Å². The van der Waals surface area contributed by atoms with Gasteiger partial charge >= 0.3 is 0 Å². The van der Waals surface area contributed by atoms with Crippen LogP contribution in [0.3, 0.4) is 0 Å². The zero-order valence-electron chi connectivity index (χ0n) is 8.83. The molecular weight excluding hydrogens is 246 g/mol. The van der Waals surface area contributed by atoms with Crippen molar-refractivity contribution in [3.8, 4) is 0 Å². The van der Waals surface area contributed by atoms with Gasteiger partial charge in [-0.05, 0) is 24.3 Å². The Morgan fingerprint density at radius 2 is 2.25 bits per heavy atom. The van der Waals surface area contributed by atoms with Gasteiger partial charge in [0.1, 0.15) is 4.88 Å². The molecule has 1 aliphatic rings. The number of amides is 1. The molecule has 2 rings (SSSR count). The fourth-order valence-electron chi connectivity index (χ4n) is 2.13. The lowest BCUT2D eigenvalue weighted by atomic mass is 9.99. The maximum Gasteiger partial charge on any atom is 0.263 e. The number of aliphatic hydroxyl groups excluding tert-OH is 1. The Morgan fingerprint density at radius 3 is 2.75 bits per heavy atom. The molecule has 5 heteroatoms. The predicted molar refractivity (Wildman–Crippen MR) is 65.1 cm³/mol. The van der Waals surface area contributed by atoms with E-state index in [0.717, 1.165) is 25.7 Å². The molecule has 2 N–H and O–H groups in total. The Morgan fingerprint density at radius 1 is 1.56 bits per heavy atom. The highest BCUT2D eigenvalue weighted by Crippen LogP contribution is 2.30. The van der Waals surface area contributed by atoms with E-state index < -0.39 is 5.54 Å². The first-order valence-electron chi connectivity index (χ1n) is 5.33. The standard InChI is InChI=1S/C11H14ClNO2S/c12-8-3-6-16-9(8)10(15)13-11(7-14)4-1-2-5-11/h3,6,14H,1-2,4-5,7H2,(H,13,15). The summed E-state index contributed by atoms with van der Waals surface area (Å²) in [5.74, 6) is -0.170. The predicted octanol–water partition coefficient (Wildman–Crippen LogP) is 2.44. The molecule has 0 radical (unpaired) electrons. The Labute approximate surface area is 103 Å². The largest absolute Gasteiger partial charge is 0.394 e. The topological polar surface area (TPSA) is 49.3 Å². The van der Waals surface area contributed by atoms with E-state index in [1.165, 1.54) is 11.3 Å². The van der Waals surface area contributed by atoms with Crippen LogP contribution in [0.25, 0.3) is 0 Å². The highest BCUT2D eigenvalue weighted by molar-refractivity contribution is 7.12. The molecule has 1 amide bonds. The molecule has 0 bridgehead atoms. The average molecular weight is 260 g/mol. The molecule has 1 heterocycles. The van der Waals surface area contributed by atoms with Crippen molar-refractivity contribution in [2.24, 2.45) is 0 Å². The Hall–Kier alpha value is -0.580. The van der Waals surface area contributed by atoms with E-state index in [1.807, 2.05) is 0 Å². The van der Waals surface area contributed by atoms with Crippen LogP contribution in [0.2, 0.25) is 5.02 Å². The van der Waals surface area contributed by atoms with Gasteiger partial charge in [0, 0.05) is 0 Å². The molecule has 3 nitrogen and oxygen atoms in total. The summed E-state index contributed by atoms with van der Waals surface area (Å²) in [6, 6.07) is 1.71. The fourth-order valence-corrected chi connectivity index (χ4v) is 3.16. The number of carbonyl (C=O) groups is 1. The average Bonchev–Trinajstić information content (AvgIpc) is 2.87. The van der Waals surface area contributed by atoms with Crippen LogP contribution in [-0.2, 0) is 0 Å². The van der Waals surface area contributed by atoms with Gasteiger partial charge in [0.15, 0.2) is 0 Å². The third-order valence-corrected chi connectivity index (χ3v) is 4.41. The minimum Gasteiger partial charge on any atom is -0.394 e. The van der Waals surface area contributed by atoms with E-state index in [2.05, 4.69) is 5.32 Å². The number of hydrogen-bond donors (Lipinski definition) is 2. The van der Waals surface area contributed by atoms with E-state index >= 15 is 0 Å². The molecular formula is C11H14ClNO2S. The second-order valence-corrected chi connectivity index (χ2v) is 5.52. The van der Waals surface area contributed by atoms with Gasteiger partial charge < -0.3 is 10.4 Å². The monoisotopic (exact) mass is 259 g/mol. The lowest BCUT2D eigenvalue weighted by Gasteiger charge is -2.27. The molecule has 1 fully saturated rings. The first-order chi connectivity index (χ1) is 7.67. The highest BCUT2D eigenvalue weighted by Gasteiger charge is 2.35. The number of aliphatic hydroxyl groups is 1. The number of hydrogen-bond acceptors (Lipinski definition) is 3. The zero-order valence-corrected chi connectivity index (χ0v) is 10.4. The first kappa shape index (κ1) is 11.9. The van der Waals surface area contributed by atoms with Gasteiger partial charge in [-0.15, -0.1) is 11.3 Å². The first-order valence-corrected chi connectivity index (χ1v) is 6.59. The van der Waals surface area contributed by atoms with Crippen molar-refractivity contribution >= 4 is 28.8 Å². The third kappa shape index (κ3) is 2.24. The van der Waals surface area contributed by atoms with Crippen LogP contribution in [0.5, 0.6) is 0 Å². The molecule has 1 saturated carbocycles. The summed E-state index contributed by atoms with van der Waals surface area (Å²) in [6.07, 6.45) is 3.80. The molecule has 0 aliphatic heterocycles. The molecule has 88 valence electrons. The molecule has 0 saturated heterocycles. The van der Waals surface area contributed by atoms with Gasteiger partial charge in [-0.25, -0.2) is 0 Å². The van der Waals surface area contributed by atoms with Crippen LogP contribution >= 0.6 is 22.9 Å². The van der Waals surface area contributed by atoms with Gasteiger partial charge in [-0.3, -0.25) is 4.79 Å². The lowest BCUT2D eigenvalue weighted by Crippen LogP contribution is -2.49. The molecule has 1 aromatic rings. The molecule has 1 aromatic heterocycles. The summed E-state index contributed by atoms with van der Waals surface area (Å²) in [4.78, 5) is 12.5. The highest BCUT2D eigenvalue weighted by atomic mass is 35.5. The van der Waals surface area contributed by atoms with Gasteiger partial charge in [0.25, 0.3) is 5.91 Å². The summed E-state index contributed by atoms with van der Waals surface area (Å²) < 4.78 is 0. The maximum absolute atomic E-state index is 12.0. The molecule has 16 heavy (non-hydrogen) atoms. The summed E-state index contributed by atoms with van der Waals surface area (Å²) in [5, 5.41) is 14.6. The fraction of sp³-hybridized carbons (Fsp3) is 0.545. The van der Waals surface area contributed by atoms with Gasteiger partial charge in [0.2, 0.25) is 0 Å². The van der Waals surface area contributed by atoms with Crippen LogP contribution in [0, 0.1) is 0 Å². The van der Waals surface area contributed by atoms with Crippen LogP contribution in [0.4, 0.5) is 0 Å². The number of carbonyl (C=O) groups excluding carboxylic acids is 1. The number of rotatable bonds is 3. The van der Waals surface area contributed by atoms with Crippen LogP contribution in [-0.4, -0.2) is 23.2 Å². The van der Waals surface area contributed by atoms with Crippen LogP contribution < -0.4 is 5.32 Å². The molecule has 0 unspecified atom stereocenters. The summed E-state index contributed by atoms with van der Waals surface area (Å²) >= 11 is 7.22. The van der Waals surface area contributed by atoms with Gasteiger partial charge in [-0.2, -0.15) is 0 Å². The van der Waals surface area contributed by atoms with Gasteiger partial charge in [-0.1, -0.05) is 24.4 Å². The van der Waals surface area contributed by atoms with E-state index in [4.69, 9.17) is 11.6 Å². The maximum atomic E-state index is 12.0. The quantitative estimate of drug-likeness (QED) is 0.876. The minimum absolute atomic E-state index is 0.00172. The van der Waals surface area contributed by atoms with Crippen molar-refractivity contribution < 1.29 is 9.90 Å². The smallest absolute Gasteiger partial charge is 0.263 e. The van der Waals surface area contributed by atoms with Crippen molar-refractivity contribution in [2.45, 2.75) is 31.2 Å². The Bertz CT molecular complexity index is 385. The number of thiophene rings is 1. The molecule has 0 spiro atoms. The molecule has 0 aromatic carbocycles. The van der Waals surface area contributed by atoms with Crippen LogP contribution in [0.15, 0.2) is 11.4 Å².